The van der Waals surface area contributed by atoms with E-state index in [4.69, 9.17) is 4.74 Å². The number of anilines is 1. The van der Waals surface area contributed by atoms with Crippen molar-refractivity contribution < 1.29 is 4.74 Å². The largest absolute Gasteiger partial charge is 0.491 e. The lowest BCUT2D eigenvalue weighted by atomic mass is 10.1. The molecule has 106 valence electrons. The second kappa shape index (κ2) is 6.80. The highest BCUT2D eigenvalue weighted by Gasteiger charge is 2.14. The molecule has 0 saturated carbocycles. The Hall–Kier alpha value is -1.22. The van der Waals surface area contributed by atoms with Gasteiger partial charge >= 0.3 is 0 Å². The van der Waals surface area contributed by atoms with Crippen molar-refractivity contribution in [1.29, 1.82) is 0 Å². The van der Waals surface area contributed by atoms with Gasteiger partial charge in [0.15, 0.2) is 0 Å². The minimum Gasteiger partial charge on any atom is -0.491 e. The average Bonchev–Trinajstić information content (AvgIpc) is 2.65. The zero-order chi connectivity index (χ0) is 13.7. The average molecular weight is 262 g/mol. The zero-order valence-electron chi connectivity index (χ0n) is 12.4. The fourth-order valence-electron chi connectivity index (χ4n) is 2.34. The van der Waals surface area contributed by atoms with Crippen LogP contribution in [0, 0.1) is 12.8 Å². The lowest BCUT2D eigenvalue weighted by Gasteiger charge is -2.25. The van der Waals surface area contributed by atoms with E-state index < -0.39 is 0 Å². The summed E-state index contributed by atoms with van der Waals surface area (Å²) in [6, 6.07) is 6.50. The molecule has 0 bridgehead atoms. The van der Waals surface area contributed by atoms with Gasteiger partial charge in [0.05, 0.1) is 12.3 Å². The highest BCUT2D eigenvalue weighted by atomic mass is 16.5. The fourth-order valence-corrected chi connectivity index (χ4v) is 2.34. The minimum atomic E-state index is 0.556. The third-order valence-corrected chi connectivity index (χ3v) is 3.37. The molecular weight excluding hydrogens is 236 g/mol. The van der Waals surface area contributed by atoms with Gasteiger partial charge in [-0.25, -0.2) is 0 Å². The smallest absolute Gasteiger partial charge is 0.142 e. The summed E-state index contributed by atoms with van der Waals surface area (Å²) in [6.45, 7) is 11.6. The van der Waals surface area contributed by atoms with Crippen LogP contribution in [0.5, 0.6) is 5.75 Å². The number of ether oxygens (including phenoxy) is 1. The molecule has 3 nitrogen and oxygen atoms in total. The summed E-state index contributed by atoms with van der Waals surface area (Å²) in [5, 5.41) is 3.45. The minimum absolute atomic E-state index is 0.556. The number of nitrogens with zero attached hydrogens (tertiary/aromatic N) is 1. The molecule has 1 fully saturated rings. The number of rotatable bonds is 4. The maximum absolute atomic E-state index is 5.99. The van der Waals surface area contributed by atoms with Gasteiger partial charge in [-0.2, -0.15) is 0 Å². The first kappa shape index (κ1) is 14.2. The van der Waals surface area contributed by atoms with Crippen LogP contribution in [0.4, 0.5) is 5.69 Å². The second-order valence-electron chi connectivity index (χ2n) is 5.77. The molecule has 0 amide bonds. The Bertz CT molecular complexity index is 396. The van der Waals surface area contributed by atoms with Crippen LogP contribution in [0.2, 0.25) is 0 Å². The van der Waals surface area contributed by atoms with E-state index in [1.165, 1.54) is 17.7 Å². The van der Waals surface area contributed by atoms with Crippen LogP contribution in [0.25, 0.3) is 0 Å². The number of hydrogen-bond acceptors (Lipinski definition) is 3. The number of aryl methyl sites for hydroxylation is 1. The Morgan fingerprint density at radius 1 is 1.26 bits per heavy atom. The quantitative estimate of drug-likeness (QED) is 0.903. The van der Waals surface area contributed by atoms with Crippen molar-refractivity contribution in [2.75, 3.05) is 37.7 Å². The highest BCUT2D eigenvalue weighted by Crippen LogP contribution is 2.30. The molecule has 1 heterocycles. The summed E-state index contributed by atoms with van der Waals surface area (Å²) in [4.78, 5) is 2.45. The van der Waals surface area contributed by atoms with E-state index in [2.05, 4.69) is 49.2 Å². The van der Waals surface area contributed by atoms with Crippen LogP contribution in [-0.2, 0) is 0 Å². The lowest BCUT2D eigenvalue weighted by molar-refractivity contribution is 0.271. The first-order valence-electron chi connectivity index (χ1n) is 7.36. The summed E-state index contributed by atoms with van der Waals surface area (Å²) < 4.78 is 5.99. The molecule has 0 spiro atoms. The van der Waals surface area contributed by atoms with Gasteiger partial charge in [0.2, 0.25) is 0 Å². The van der Waals surface area contributed by atoms with Gasteiger partial charge in [0, 0.05) is 19.6 Å². The molecule has 1 aliphatic rings. The third kappa shape index (κ3) is 4.13. The lowest BCUT2D eigenvalue weighted by Crippen LogP contribution is -2.28. The summed E-state index contributed by atoms with van der Waals surface area (Å²) in [7, 11) is 0. The molecule has 0 atom stereocenters. The molecule has 2 rings (SSSR count). The Morgan fingerprint density at radius 2 is 2.11 bits per heavy atom. The summed E-state index contributed by atoms with van der Waals surface area (Å²) in [6.07, 6.45) is 1.19. The van der Waals surface area contributed by atoms with Crippen molar-refractivity contribution in [3.8, 4) is 5.75 Å². The Balaban J connectivity index is 2.17. The van der Waals surface area contributed by atoms with Crippen molar-refractivity contribution in [3.05, 3.63) is 23.8 Å². The summed E-state index contributed by atoms with van der Waals surface area (Å²) >= 11 is 0. The van der Waals surface area contributed by atoms with Gasteiger partial charge in [-0.15, -0.1) is 0 Å². The van der Waals surface area contributed by atoms with Crippen LogP contribution < -0.4 is 15.0 Å². The van der Waals surface area contributed by atoms with Crippen molar-refractivity contribution >= 4 is 5.69 Å². The molecule has 19 heavy (non-hydrogen) atoms. The zero-order valence-corrected chi connectivity index (χ0v) is 12.4. The highest BCUT2D eigenvalue weighted by molar-refractivity contribution is 5.60. The van der Waals surface area contributed by atoms with E-state index >= 15 is 0 Å². The molecule has 1 aromatic rings. The normalized spacial score (nSPS) is 16.5. The van der Waals surface area contributed by atoms with Crippen LogP contribution in [0.1, 0.15) is 25.8 Å². The van der Waals surface area contributed by atoms with Crippen molar-refractivity contribution in [2.45, 2.75) is 27.2 Å². The number of benzene rings is 1. The van der Waals surface area contributed by atoms with Gasteiger partial charge in [0.25, 0.3) is 0 Å². The molecule has 0 radical (unpaired) electrons. The van der Waals surface area contributed by atoms with E-state index in [1.807, 2.05) is 0 Å². The first-order chi connectivity index (χ1) is 9.16. The van der Waals surface area contributed by atoms with E-state index in [-0.39, 0.29) is 0 Å². The van der Waals surface area contributed by atoms with Crippen LogP contribution in [0.15, 0.2) is 18.2 Å². The van der Waals surface area contributed by atoms with E-state index in [1.54, 1.807) is 0 Å². The van der Waals surface area contributed by atoms with Crippen LogP contribution in [0.3, 0.4) is 0 Å². The summed E-state index contributed by atoms with van der Waals surface area (Å²) in [5.74, 6) is 1.58. The molecular formula is C16H26N2O. The van der Waals surface area contributed by atoms with E-state index in [0.29, 0.717) is 5.92 Å². The van der Waals surface area contributed by atoms with Gasteiger partial charge in [-0.1, -0.05) is 19.9 Å². The molecule has 0 aromatic heterocycles. The standard InChI is InChI=1S/C16H26N2O/c1-13(2)12-19-16-6-5-14(3)11-15(16)18-9-4-7-17-8-10-18/h5-6,11,13,17H,4,7-10,12H2,1-3H3. The third-order valence-electron chi connectivity index (χ3n) is 3.37. The maximum Gasteiger partial charge on any atom is 0.142 e. The van der Waals surface area contributed by atoms with E-state index in [0.717, 1.165) is 38.5 Å². The molecule has 1 saturated heterocycles. The number of hydrogen-bond donors (Lipinski definition) is 1. The second-order valence-corrected chi connectivity index (χ2v) is 5.77. The van der Waals surface area contributed by atoms with Gasteiger partial charge < -0.3 is 15.0 Å². The monoisotopic (exact) mass is 262 g/mol. The van der Waals surface area contributed by atoms with Crippen molar-refractivity contribution in [3.63, 3.8) is 0 Å². The molecule has 0 aliphatic carbocycles. The van der Waals surface area contributed by atoms with E-state index in [9.17, 15) is 0 Å². The maximum atomic E-state index is 5.99. The predicted molar refractivity (Wildman–Crippen MR) is 81.2 cm³/mol. The van der Waals surface area contributed by atoms with Crippen molar-refractivity contribution in [1.82, 2.24) is 5.32 Å². The first-order valence-corrected chi connectivity index (χ1v) is 7.36. The Kier molecular flexibility index (Phi) is 5.08. The molecule has 1 N–H and O–H groups in total. The SMILES string of the molecule is Cc1ccc(OCC(C)C)c(N2CCCNCC2)c1. The van der Waals surface area contributed by atoms with Gasteiger partial charge in [-0.05, 0) is 43.5 Å². The molecule has 3 heteroatoms. The van der Waals surface area contributed by atoms with Gasteiger partial charge in [-0.3, -0.25) is 0 Å². The summed E-state index contributed by atoms with van der Waals surface area (Å²) in [5.41, 5.74) is 2.55. The van der Waals surface area contributed by atoms with Gasteiger partial charge in [0.1, 0.15) is 5.75 Å². The molecule has 1 aromatic carbocycles. The topological polar surface area (TPSA) is 24.5 Å². The number of nitrogens with one attached hydrogen (secondary N) is 1. The van der Waals surface area contributed by atoms with Crippen LogP contribution in [-0.4, -0.2) is 32.8 Å². The molecule has 0 unspecified atom stereocenters. The fraction of sp³-hybridized carbons (Fsp3) is 0.625. The molecule has 1 aliphatic heterocycles. The Morgan fingerprint density at radius 3 is 2.89 bits per heavy atom. The predicted octanol–water partition coefficient (Wildman–Crippen LogP) is 2.83. The Labute approximate surface area is 116 Å². The van der Waals surface area contributed by atoms with Crippen LogP contribution >= 0.6 is 0 Å². The van der Waals surface area contributed by atoms with Crippen molar-refractivity contribution in [2.24, 2.45) is 5.92 Å².